The monoisotopic (exact) mass is 374 g/mol. The van der Waals surface area contributed by atoms with Crippen LogP contribution in [0.3, 0.4) is 0 Å². The molecule has 0 bridgehead atoms. The molecule has 0 spiro atoms. The number of benzene rings is 5. The first kappa shape index (κ1) is 16.2. The van der Waals surface area contributed by atoms with Crippen molar-refractivity contribution >= 4 is 43.5 Å². The molecule has 0 atom stereocenters. The van der Waals surface area contributed by atoms with Crippen molar-refractivity contribution in [2.24, 2.45) is 0 Å². The van der Waals surface area contributed by atoms with E-state index in [0.717, 1.165) is 27.7 Å². The van der Waals surface area contributed by atoms with E-state index in [1.807, 2.05) is 24.3 Å². The van der Waals surface area contributed by atoms with E-state index in [9.17, 15) is 0 Å². The fraction of sp³-hybridized carbons (Fsp3) is 0.0370. The molecule has 0 radical (unpaired) electrons. The first-order valence-electron chi connectivity index (χ1n) is 9.73. The Bertz CT molecular complexity index is 1520. The maximum Gasteiger partial charge on any atom is 0.136 e. The summed E-state index contributed by atoms with van der Waals surface area (Å²) in [7, 11) is 1.70. The van der Waals surface area contributed by atoms with Gasteiger partial charge in [0.25, 0.3) is 0 Å². The maximum atomic E-state index is 6.14. The minimum atomic E-state index is 0.866. The smallest absolute Gasteiger partial charge is 0.136 e. The Morgan fingerprint density at radius 1 is 0.586 bits per heavy atom. The number of furan rings is 1. The predicted molar refractivity (Wildman–Crippen MR) is 121 cm³/mol. The molecule has 1 aromatic heterocycles. The highest BCUT2D eigenvalue weighted by atomic mass is 16.5. The van der Waals surface area contributed by atoms with Crippen LogP contribution in [0, 0.1) is 0 Å². The Labute approximate surface area is 167 Å². The van der Waals surface area contributed by atoms with E-state index in [4.69, 9.17) is 9.15 Å². The summed E-state index contributed by atoms with van der Waals surface area (Å²) in [6.07, 6.45) is 0. The minimum Gasteiger partial charge on any atom is -0.497 e. The quantitative estimate of drug-likeness (QED) is 0.292. The largest absolute Gasteiger partial charge is 0.497 e. The lowest BCUT2D eigenvalue weighted by Crippen LogP contribution is -1.86. The minimum absolute atomic E-state index is 0.866. The van der Waals surface area contributed by atoms with Crippen molar-refractivity contribution in [2.75, 3.05) is 7.11 Å². The summed E-state index contributed by atoms with van der Waals surface area (Å²) in [4.78, 5) is 0. The Kier molecular flexibility index (Phi) is 3.41. The number of hydrogen-bond acceptors (Lipinski definition) is 2. The summed E-state index contributed by atoms with van der Waals surface area (Å²) >= 11 is 0. The predicted octanol–water partition coefficient (Wildman–Crippen LogP) is 7.57. The average Bonchev–Trinajstić information content (AvgIpc) is 3.15. The van der Waals surface area contributed by atoms with Gasteiger partial charge in [0.15, 0.2) is 0 Å². The topological polar surface area (TPSA) is 22.4 Å². The van der Waals surface area contributed by atoms with Crippen LogP contribution >= 0.6 is 0 Å². The Morgan fingerprint density at radius 2 is 1.31 bits per heavy atom. The number of ether oxygens (including phenoxy) is 1. The molecular formula is C27H18O2. The molecule has 6 rings (SSSR count). The van der Waals surface area contributed by atoms with Crippen LogP contribution in [-0.2, 0) is 0 Å². The molecule has 0 aliphatic heterocycles. The first-order chi connectivity index (χ1) is 14.3. The molecular weight excluding hydrogens is 356 g/mol. The third-order valence-corrected chi connectivity index (χ3v) is 5.76. The fourth-order valence-electron chi connectivity index (χ4n) is 4.34. The lowest BCUT2D eigenvalue weighted by Gasteiger charge is -2.12. The molecule has 2 heteroatoms. The number of rotatable bonds is 2. The molecule has 1 heterocycles. The summed E-state index contributed by atoms with van der Waals surface area (Å²) < 4.78 is 11.5. The molecule has 0 saturated heterocycles. The lowest BCUT2D eigenvalue weighted by atomic mass is 9.92. The highest BCUT2D eigenvalue weighted by molar-refractivity contribution is 6.19. The van der Waals surface area contributed by atoms with E-state index in [1.165, 1.54) is 32.7 Å². The van der Waals surface area contributed by atoms with Gasteiger partial charge in [-0.05, 0) is 69.1 Å². The highest BCUT2D eigenvalue weighted by Crippen LogP contribution is 2.39. The van der Waals surface area contributed by atoms with Gasteiger partial charge in [-0.1, -0.05) is 54.6 Å². The number of methoxy groups -OCH3 is 1. The van der Waals surface area contributed by atoms with E-state index in [1.54, 1.807) is 7.11 Å². The molecule has 0 unspecified atom stereocenters. The van der Waals surface area contributed by atoms with E-state index in [-0.39, 0.29) is 0 Å². The summed E-state index contributed by atoms with van der Waals surface area (Å²) in [6.45, 7) is 0. The zero-order valence-electron chi connectivity index (χ0n) is 16.0. The van der Waals surface area contributed by atoms with Gasteiger partial charge in [0.2, 0.25) is 0 Å². The van der Waals surface area contributed by atoms with Crippen molar-refractivity contribution < 1.29 is 9.15 Å². The zero-order chi connectivity index (χ0) is 19.4. The van der Waals surface area contributed by atoms with Gasteiger partial charge in [-0.3, -0.25) is 0 Å². The second-order valence-corrected chi connectivity index (χ2v) is 7.37. The van der Waals surface area contributed by atoms with Crippen molar-refractivity contribution in [3.8, 4) is 16.9 Å². The van der Waals surface area contributed by atoms with Gasteiger partial charge in [-0.15, -0.1) is 0 Å². The van der Waals surface area contributed by atoms with Gasteiger partial charge >= 0.3 is 0 Å². The number of hydrogen-bond donors (Lipinski definition) is 0. The Balaban J connectivity index is 1.72. The molecule has 29 heavy (non-hydrogen) atoms. The lowest BCUT2D eigenvalue weighted by molar-refractivity contribution is 0.415. The molecule has 6 aromatic rings. The van der Waals surface area contributed by atoms with Crippen molar-refractivity contribution in [1.29, 1.82) is 0 Å². The number of fused-ring (bicyclic) bond motifs is 6. The van der Waals surface area contributed by atoms with Crippen LogP contribution in [0.25, 0.3) is 54.6 Å². The van der Waals surface area contributed by atoms with E-state index in [2.05, 4.69) is 66.7 Å². The Morgan fingerprint density at radius 3 is 2.10 bits per heavy atom. The third kappa shape index (κ3) is 2.43. The molecule has 0 aliphatic carbocycles. The van der Waals surface area contributed by atoms with E-state index < -0.39 is 0 Å². The molecule has 0 saturated carbocycles. The second-order valence-electron chi connectivity index (χ2n) is 7.37. The molecule has 0 fully saturated rings. The van der Waals surface area contributed by atoms with Gasteiger partial charge in [0, 0.05) is 10.8 Å². The zero-order valence-corrected chi connectivity index (χ0v) is 16.0. The van der Waals surface area contributed by atoms with Crippen molar-refractivity contribution in [3.05, 3.63) is 91.0 Å². The van der Waals surface area contributed by atoms with Gasteiger partial charge in [-0.2, -0.15) is 0 Å². The highest BCUT2D eigenvalue weighted by Gasteiger charge is 2.13. The van der Waals surface area contributed by atoms with E-state index >= 15 is 0 Å². The van der Waals surface area contributed by atoms with Crippen molar-refractivity contribution in [2.45, 2.75) is 0 Å². The van der Waals surface area contributed by atoms with Crippen LogP contribution in [0.15, 0.2) is 95.4 Å². The average molecular weight is 374 g/mol. The summed E-state index contributed by atoms with van der Waals surface area (Å²) in [5.74, 6) is 0.866. The van der Waals surface area contributed by atoms with Gasteiger partial charge in [-0.25, -0.2) is 0 Å². The molecule has 0 N–H and O–H groups in total. The van der Waals surface area contributed by atoms with Crippen LogP contribution in [0.5, 0.6) is 5.75 Å². The normalized spacial score (nSPS) is 11.6. The maximum absolute atomic E-state index is 6.14. The summed E-state index contributed by atoms with van der Waals surface area (Å²) in [5, 5.41) is 7.21. The molecule has 2 nitrogen and oxygen atoms in total. The van der Waals surface area contributed by atoms with Crippen LogP contribution < -0.4 is 4.74 Å². The summed E-state index contributed by atoms with van der Waals surface area (Å²) in [5.41, 5.74) is 4.27. The first-order valence-corrected chi connectivity index (χ1v) is 9.73. The summed E-state index contributed by atoms with van der Waals surface area (Å²) in [6, 6.07) is 31.8. The molecule has 0 aliphatic rings. The number of para-hydroxylation sites is 1. The second kappa shape index (κ2) is 6.11. The molecule has 138 valence electrons. The standard InChI is InChI=1S/C27H18O2/c1-28-19-12-10-17(11-13-19)23-14-18-15-25-22-8-4-5-9-26(22)29-27(25)16-24(18)21-7-3-2-6-20(21)23/h2-16H,1H3. The third-order valence-electron chi connectivity index (χ3n) is 5.76. The van der Waals surface area contributed by atoms with Gasteiger partial charge in [0.05, 0.1) is 7.11 Å². The SMILES string of the molecule is COc1ccc(-c2cc3cc4c(cc3c3ccccc23)oc2ccccc24)cc1. The van der Waals surface area contributed by atoms with Crippen LogP contribution in [0.2, 0.25) is 0 Å². The van der Waals surface area contributed by atoms with Gasteiger partial charge in [0.1, 0.15) is 16.9 Å². The van der Waals surface area contributed by atoms with Gasteiger partial charge < -0.3 is 9.15 Å². The molecule has 0 amide bonds. The molecule has 5 aromatic carbocycles. The van der Waals surface area contributed by atoms with Crippen LogP contribution in [-0.4, -0.2) is 7.11 Å². The van der Waals surface area contributed by atoms with Crippen molar-refractivity contribution in [3.63, 3.8) is 0 Å². The van der Waals surface area contributed by atoms with Crippen LogP contribution in [0.4, 0.5) is 0 Å². The van der Waals surface area contributed by atoms with Crippen molar-refractivity contribution in [1.82, 2.24) is 0 Å². The fourth-order valence-corrected chi connectivity index (χ4v) is 4.34. The Hall–Kier alpha value is -3.78. The van der Waals surface area contributed by atoms with E-state index in [0.29, 0.717) is 0 Å². The van der Waals surface area contributed by atoms with Crippen LogP contribution in [0.1, 0.15) is 0 Å².